The first-order valence-electron chi connectivity index (χ1n) is 5.55. The molecule has 3 nitrogen and oxygen atoms in total. The van der Waals surface area contributed by atoms with Gasteiger partial charge in [-0.3, -0.25) is 4.68 Å². The van der Waals surface area contributed by atoms with Crippen LogP contribution in [-0.4, -0.2) is 21.3 Å². The molecule has 4 heteroatoms. The summed E-state index contributed by atoms with van der Waals surface area (Å²) in [5, 5.41) is 4.47. The minimum atomic E-state index is 0.0444. The van der Waals surface area contributed by atoms with Crippen LogP contribution in [0.3, 0.4) is 0 Å². The van der Waals surface area contributed by atoms with E-state index in [0.717, 1.165) is 5.69 Å². The average molecular weight is 225 g/mol. The zero-order valence-electron chi connectivity index (χ0n) is 9.44. The fourth-order valence-corrected chi connectivity index (χ4v) is 3.21. The summed E-state index contributed by atoms with van der Waals surface area (Å²) in [4.78, 5) is 0. The Kier molecular flexibility index (Phi) is 3.36. The molecule has 2 heterocycles. The molecule has 1 aliphatic heterocycles. The van der Waals surface area contributed by atoms with Crippen molar-refractivity contribution < 1.29 is 0 Å². The minimum absolute atomic E-state index is 0.0444. The van der Waals surface area contributed by atoms with Crippen LogP contribution in [0.2, 0.25) is 0 Å². The molecule has 0 bridgehead atoms. The van der Waals surface area contributed by atoms with Gasteiger partial charge in [0.1, 0.15) is 0 Å². The van der Waals surface area contributed by atoms with Crippen LogP contribution in [0.15, 0.2) is 6.07 Å². The number of thioether (sulfide) groups is 1. The summed E-state index contributed by atoms with van der Waals surface area (Å²) < 4.78 is 2.01. The van der Waals surface area contributed by atoms with E-state index >= 15 is 0 Å². The van der Waals surface area contributed by atoms with Gasteiger partial charge in [0.2, 0.25) is 0 Å². The highest BCUT2D eigenvalue weighted by Crippen LogP contribution is 2.31. The molecule has 0 spiro atoms. The summed E-state index contributed by atoms with van der Waals surface area (Å²) in [5.74, 6) is 3.25. The molecular formula is C11H19N3S. The lowest BCUT2D eigenvalue weighted by Crippen LogP contribution is -2.11. The lowest BCUT2D eigenvalue weighted by atomic mass is 9.98. The largest absolute Gasteiger partial charge is 0.323 e. The molecule has 1 atom stereocenters. The average Bonchev–Trinajstić information content (AvgIpc) is 2.62. The minimum Gasteiger partial charge on any atom is -0.323 e. The standard InChI is InChI=1S/C11H19N3S/c1-8(12)10-7-11(14(2)13-10)9-3-5-15-6-4-9/h7-9H,3-6,12H2,1-2H3. The van der Waals surface area contributed by atoms with Crippen molar-refractivity contribution in [1.82, 2.24) is 9.78 Å². The summed E-state index contributed by atoms with van der Waals surface area (Å²) >= 11 is 2.06. The van der Waals surface area contributed by atoms with Gasteiger partial charge in [0, 0.05) is 24.7 Å². The number of aryl methyl sites for hydroxylation is 1. The second kappa shape index (κ2) is 4.58. The van der Waals surface area contributed by atoms with Crippen LogP contribution in [0, 0.1) is 0 Å². The molecule has 0 aliphatic carbocycles. The Morgan fingerprint density at radius 1 is 1.53 bits per heavy atom. The van der Waals surface area contributed by atoms with Crippen molar-refractivity contribution in [3.63, 3.8) is 0 Å². The maximum atomic E-state index is 5.85. The normalized spacial score (nSPS) is 20.5. The Morgan fingerprint density at radius 3 is 2.73 bits per heavy atom. The van der Waals surface area contributed by atoms with E-state index < -0.39 is 0 Å². The first-order chi connectivity index (χ1) is 7.18. The van der Waals surface area contributed by atoms with Crippen molar-refractivity contribution in [2.75, 3.05) is 11.5 Å². The second-order valence-corrected chi connectivity index (χ2v) is 5.52. The van der Waals surface area contributed by atoms with Gasteiger partial charge in [-0.15, -0.1) is 0 Å². The number of nitrogens with two attached hydrogens (primary N) is 1. The highest BCUT2D eigenvalue weighted by atomic mass is 32.2. The van der Waals surface area contributed by atoms with Crippen molar-refractivity contribution in [3.8, 4) is 0 Å². The van der Waals surface area contributed by atoms with Crippen molar-refractivity contribution in [3.05, 3.63) is 17.5 Å². The van der Waals surface area contributed by atoms with Gasteiger partial charge < -0.3 is 5.73 Å². The van der Waals surface area contributed by atoms with E-state index in [2.05, 4.69) is 22.9 Å². The molecule has 0 saturated carbocycles. The van der Waals surface area contributed by atoms with E-state index in [1.165, 1.54) is 30.0 Å². The monoisotopic (exact) mass is 225 g/mol. The molecule has 1 aromatic heterocycles. The van der Waals surface area contributed by atoms with Gasteiger partial charge in [-0.1, -0.05) is 0 Å². The molecule has 0 aromatic carbocycles. The topological polar surface area (TPSA) is 43.8 Å². The molecule has 0 amide bonds. The molecule has 0 radical (unpaired) electrons. The molecule has 1 aromatic rings. The van der Waals surface area contributed by atoms with Gasteiger partial charge in [-0.25, -0.2) is 0 Å². The van der Waals surface area contributed by atoms with Crippen molar-refractivity contribution >= 4 is 11.8 Å². The molecule has 1 unspecified atom stereocenters. The number of rotatable bonds is 2. The first-order valence-corrected chi connectivity index (χ1v) is 6.71. The van der Waals surface area contributed by atoms with Crippen molar-refractivity contribution in [2.24, 2.45) is 12.8 Å². The Balaban J connectivity index is 2.19. The van der Waals surface area contributed by atoms with Crippen LogP contribution in [0.1, 0.15) is 43.1 Å². The Labute approximate surface area is 95.4 Å². The third kappa shape index (κ3) is 2.37. The van der Waals surface area contributed by atoms with E-state index in [1.807, 2.05) is 18.7 Å². The van der Waals surface area contributed by atoms with Crippen LogP contribution in [0.4, 0.5) is 0 Å². The molecule has 15 heavy (non-hydrogen) atoms. The molecule has 2 N–H and O–H groups in total. The molecule has 1 aliphatic rings. The lowest BCUT2D eigenvalue weighted by Gasteiger charge is -2.21. The number of hydrogen-bond acceptors (Lipinski definition) is 3. The second-order valence-electron chi connectivity index (χ2n) is 4.29. The smallest absolute Gasteiger partial charge is 0.0791 e. The fraction of sp³-hybridized carbons (Fsp3) is 0.727. The molecule has 2 rings (SSSR count). The summed E-state index contributed by atoms with van der Waals surface area (Å²) in [6.45, 7) is 1.99. The maximum Gasteiger partial charge on any atom is 0.0791 e. The van der Waals surface area contributed by atoms with Gasteiger partial charge in [-0.05, 0) is 37.3 Å². The van der Waals surface area contributed by atoms with E-state index in [-0.39, 0.29) is 6.04 Å². The van der Waals surface area contributed by atoms with Crippen LogP contribution in [-0.2, 0) is 7.05 Å². The van der Waals surface area contributed by atoms with Gasteiger partial charge in [0.15, 0.2) is 0 Å². The van der Waals surface area contributed by atoms with Crippen LogP contribution >= 0.6 is 11.8 Å². The van der Waals surface area contributed by atoms with E-state index in [4.69, 9.17) is 5.73 Å². The summed E-state index contributed by atoms with van der Waals surface area (Å²) in [7, 11) is 2.03. The zero-order valence-corrected chi connectivity index (χ0v) is 10.3. The van der Waals surface area contributed by atoms with Gasteiger partial charge in [0.25, 0.3) is 0 Å². The quantitative estimate of drug-likeness (QED) is 0.837. The van der Waals surface area contributed by atoms with Crippen LogP contribution in [0.5, 0.6) is 0 Å². The highest BCUT2D eigenvalue weighted by molar-refractivity contribution is 7.99. The number of nitrogens with zero attached hydrogens (tertiary/aromatic N) is 2. The summed E-state index contributed by atoms with van der Waals surface area (Å²) in [6, 6.07) is 2.23. The molecular weight excluding hydrogens is 206 g/mol. The number of hydrogen-bond donors (Lipinski definition) is 1. The summed E-state index contributed by atoms with van der Waals surface area (Å²) in [5.41, 5.74) is 8.23. The SMILES string of the molecule is CC(N)c1cc(C2CCSCC2)n(C)n1. The summed E-state index contributed by atoms with van der Waals surface area (Å²) in [6.07, 6.45) is 2.56. The van der Waals surface area contributed by atoms with E-state index in [9.17, 15) is 0 Å². The predicted molar refractivity (Wildman–Crippen MR) is 65.1 cm³/mol. The van der Waals surface area contributed by atoms with Gasteiger partial charge >= 0.3 is 0 Å². The van der Waals surface area contributed by atoms with E-state index in [0.29, 0.717) is 5.92 Å². The molecule has 1 fully saturated rings. The maximum absolute atomic E-state index is 5.85. The molecule has 84 valence electrons. The van der Waals surface area contributed by atoms with Crippen LogP contribution < -0.4 is 5.73 Å². The van der Waals surface area contributed by atoms with Gasteiger partial charge in [0.05, 0.1) is 5.69 Å². The zero-order chi connectivity index (χ0) is 10.8. The predicted octanol–water partition coefficient (Wildman–Crippen LogP) is 2.05. The Morgan fingerprint density at radius 2 is 2.20 bits per heavy atom. The number of aromatic nitrogens is 2. The van der Waals surface area contributed by atoms with Crippen LogP contribution in [0.25, 0.3) is 0 Å². The Bertz CT molecular complexity index is 327. The lowest BCUT2D eigenvalue weighted by molar-refractivity contribution is 0.567. The fourth-order valence-electron chi connectivity index (χ4n) is 2.10. The van der Waals surface area contributed by atoms with Crippen molar-refractivity contribution in [1.29, 1.82) is 0 Å². The Hall–Kier alpha value is -0.480. The first kappa shape index (κ1) is 11.0. The third-order valence-electron chi connectivity index (χ3n) is 3.04. The van der Waals surface area contributed by atoms with Crippen molar-refractivity contribution in [2.45, 2.75) is 31.7 Å². The molecule has 1 saturated heterocycles. The third-order valence-corrected chi connectivity index (χ3v) is 4.09. The van der Waals surface area contributed by atoms with E-state index in [1.54, 1.807) is 0 Å². The highest BCUT2D eigenvalue weighted by Gasteiger charge is 2.20. The van der Waals surface area contributed by atoms with Gasteiger partial charge in [-0.2, -0.15) is 16.9 Å².